The summed E-state index contributed by atoms with van der Waals surface area (Å²) >= 11 is 0. The SMILES string of the molecule is CC(C)C(=O)NC(CO)C1CCC1. The maximum Gasteiger partial charge on any atom is 0.222 e. The van der Waals surface area contributed by atoms with Crippen LogP contribution in [0.5, 0.6) is 0 Å². The standard InChI is InChI=1S/C10H19NO2/c1-7(2)10(13)11-9(6-12)8-4-3-5-8/h7-9,12H,3-6H2,1-2H3,(H,11,13). The van der Waals surface area contributed by atoms with Gasteiger partial charge in [0.1, 0.15) is 0 Å². The second kappa shape index (κ2) is 4.61. The van der Waals surface area contributed by atoms with Crippen LogP contribution in [-0.2, 0) is 4.79 Å². The van der Waals surface area contributed by atoms with E-state index in [9.17, 15) is 4.79 Å². The van der Waals surface area contributed by atoms with E-state index in [0.29, 0.717) is 5.92 Å². The maximum atomic E-state index is 11.3. The van der Waals surface area contributed by atoms with E-state index in [1.807, 2.05) is 13.8 Å². The molecule has 0 heterocycles. The highest BCUT2D eigenvalue weighted by atomic mass is 16.3. The fourth-order valence-corrected chi connectivity index (χ4v) is 1.50. The molecule has 0 aromatic carbocycles. The van der Waals surface area contributed by atoms with Crippen molar-refractivity contribution in [2.75, 3.05) is 6.61 Å². The highest BCUT2D eigenvalue weighted by Gasteiger charge is 2.28. The molecule has 1 saturated carbocycles. The van der Waals surface area contributed by atoms with E-state index < -0.39 is 0 Å². The zero-order valence-corrected chi connectivity index (χ0v) is 8.42. The summed E-state index contributed by atoms with van der Waals surface area (Å²) in [5.74, 6) is 0.563. The van der Waals surface area contributed by atoms with E-state index in [4.69, 9.17) is 5.11 Å². The molecule has 1 amide bonds. The van der Waals surface area contributed by atoms with Crippen LogP contribution in [0.2, 0.25) is 0 Å². The largest absolute Gasteiger partial charge is 0.394 e. The average molecular weight is 185 g/mol. The highest BCUT2D eigenvalue weighted by molar-refractivity contribution is 5.78. The second-order valence-electron chi connectivity index (χ2n) is 4.14. The van der Waals surface area contributed by atoms with Crippen molar-refractivity contribution in [2.45, 2.75) is 39.2 Å². The van der Waals surface area contributed by atoms with Gasteiger partial charge >= 0.3 is 0 Å². The van der Waals surface area contributed by atoms with Crippen LogP contribution in [0.3, 0.4) is 0 Å². The van der Waals surface area contributed by atoms with Crippen LogP contribution in [0.1, 0.15) is 33.1 Å². The summed E-state index contributed by atoms with van der Waals surface area (Å²) in [5, 5.41) is 12.0. The van der Waals surface area contributed by atoms with E-state index >= 15 is 0 Å². The molecule has 1 fully saturated rings. The van der Waals surface area contributed by atoms with Gasteiger partial charge in [0.25, 0.3) is 0 Å². The molecule has 1 atom stereocenters. The lowest BCUT2D eigenvalue weighted by Gasteiger charge is -2.33. The summed E-state index contributed by atoms with van der Waals surface area (Å²) in [6.45, 7) is 3.80. The topological polar surface area (TPSA) is 49.3 Å². The molecule has 13 heavy (non-hydrogen) atoms. The molecule has 3 nitrogen and oxygen atoms in total. The summed E-state index contributed by atoms with van der Waals surface area (Å²) in [4.78, 5) is 11.3. The number of amides is 1. The third kappa shape index (κ3) is 2.69. The number of rotatable bonds is 4. The number of nitrogens with one attached hydrogen (secondary N) is 1. The van der Waals surface area contributed by atoms with Gasteiger partial charge in [0.15, 0.2) is 0 Å². The van der Waals surface area contributed by atoms with Gasteiger partial charge in [-0.15, -0.1) is 0 Å². The first-order valence-electron chi connectivity index (χ1n) is 5.06. The summed E-state index contributed by atoms with van der Waals surface area (Å²) < 4.78 is 0. The number of carbonyl (C=O) groups excluding carboxylic acids is 1. The first-order chi connectivity index (χ1) is 6.15. The van der Waals surface area contributed by atoms with Gasteiger partial charge in [-0.05, 0) is 18.8 Å². The predicted octanol–water partition coefficient (Wildman–Crippen LogP) is 0.920. The predicted molar refractivity (Wildman–Crippen MR) is 51.2 cm³/mol. The fourth-order valence-electron chi connectivity index (χ4n) is 1.50. The smallest absolute Gasteiger partial charge is 0.222 e. The van der Waals surface area contributed by atoms with Gasteiger partial charge in [0, 0.05) is 5.92 Å². The molecule has 0 spiro atoms. The summed E-state index contributed by atoms with van der Waals surface area (Å²) in [5.41, 5.74) is 0. The van der Waals surface area contributed by atoms with Gasteiger partial charge in [0.05, 0.1) is 12.6 Å². The maximum absolute atomic E-state index is 11.3. The van der Waals surface area contributed by atoms with Gasteiger partial charge in [-0.25, -0.2) is 0 Å². The molecular formula is C10H19NO2. The van der Waals surface area contributed by atoms with Gasteiger partial charge in [-0.2, -0.15) is 0 Å². The van der Waals surface area contributed by atoms with Crippen LogP contribution < -0.4 is 5.32 Å². The molecule has 0 saturated heterocycles. The van der Waals surface area contributed by atoms with E-state index in [0.717, 1.165) is 12.8 Å². The van der Waals surface area contributed by atoms with E-state index in [2.05, 4.69) is 5.32 Å². The summed E-state index contributed by atoms with van der Waals surface area (Å²) in [7, 11) is 0. The Morgan fingerprint density at radius 1 is 1.54 bits per heavy atom. The van der Waals surface area contributed by atoms with Gasteiger partial charge in [-0.3, -0.25) is 4.79 Å². The van der Waals surface area contributed by atoms with Crippen LogP contribution in [0.15, 0.2) is 0 Å². The Morgan fingerprint density at radius 3 is 2.46 bits per heavy atom. The third-order valence-corrected chi connectivity index (χ3v) is 2.77. The van der Waals surface area contributed by atoms with Crippen molar-refractivity contribution in [1.29, 1.82) is 0 Å². The first-order valence-corrected chi connectivity index (χ1v) is 5.06. The lowest BCUT2D eigenvalue weighted by atomic mass is 9.80. The zero-order valence-electron chi connectivity index (χ0n) is 8.42. The molecule has 2 N–H and O–H groups in total. The van der Waals surface area contributed by atoms with Crippen LogP contribution in [0.4, 0.5) is 0 Å². The van der Waals surface area contributed by atoms with E-state index in [1.54, 1.807) is 0 Å². The van der Waals surface area contributed by atoms with Crippen LogP contribution in [0.25, 0.3) is 0 Å². The molecule has 1 unspecified atom stereocenters. The van der Waals surface area contributed by atoms with Crippen molar-refractivity contribution < 1.29 is 9.90 Å². The van der Waals surface area contributed by atoms with Crippen molar-refractivity contribution in [3.05, 3.63) is 0 Å². The minimum Gasteiger partial charge on any atom is -0.394 e. The van der Waals surface area contributed by atoms with Crippen molar-refractivity contribution in [3.63, 3.8) is 0 Å². The van der Waals surface area contributed by atoms with Crippen molar-refractivity contribution in [2.24, 2.45) is 11.8 Å². The van der Waals surface area contributed by atoms with Crippen molar-refractivity contribution in [1.82, 2.24) is 5.32 Å². The quantitative estimate of drug-likeness (QED) is 0.684. The van der Waals surface area contributed by atoms with E-state index in [-0.39, 0.29) is 24.5 Å². The first kappa shape index (κ1) is 10.5. The Balaban J connectivity index is 2.34. The van der Waals surface area contributed by atoms with Crippen LogP contribution in [0, 0.1) is 11.8 Å². The molecule has 1 rings (SSSR count). The third-order valence-electron chi connectivity index (χ3n) is 2.77. The van der Waals surface area contributed by atoms with Gasteiger partial charge in [-0.1, -0.05) is 20.3 Å². The second-order valence-corrected chi connectivity index (χ2v) is 4.14. The number of aliphatic hydroxyl groups is 1. The Kier molecular flexibility index (Phi) is 3.72. The van der Waals surface area contributed by atoms with Crippen LogP contribution >= 0.6 is 0 Å². The Labute approximate surface area is 79.5 Å². The van der Waals surface area contributed by atoms with Crippen LogP contribution in [-0.4, -0.2) is 23.7 Å². The lowest BCUT2D eigenvalue weighted by Crippen LogP contribution is -2.46. The normalized spacial score (nSPS) is 19.7. The average Bonchev–Trinajstić information content (AvgIpc) is 1.99. The monoisotopic (exact) mass is 185 g/mol. The molecule has 3 heteroatoms. The molecular weight excluding hydrogens is 166 g/mol. The number of aliphatic hydroxyl groups excluding tert-OH is 1. The zero-order chi connectivity index (χ0) is 9.84. The minimum atomic E-state index is -0.0105. The Hall–Kier alpha value is -0.570. The van der Waals surface area contributed by atoms with E-state index in [1.165, 1.54) is 6.42 Å². The molecule has 1 aliphatic rings. The molecule has 1 aliphatic carbocycles. The Bertz CT molecular complexity index is 176. The minimum absolute atomic E-state index is 0.00845. The fraction of sp³-hybridized carbons (Fsp3) is 0.900. The molecule has 0 aromatic heterocycles. The van der Waals surface area contributed by atoms with Gasteiger partial charge in [0.2, 0.25) is 5.91 Å². The summed E-state index contributed by atoms with van der Waals surface area (Å²) in [6, 6.07) is -0.0105. The number of hydrogen-bond acceptors (Lipinski definition) is 2. The molecule has 0 radical (unpaired) electrons. The van der Waals surface area contributed by atoms with Crippen molar-refractivity contribution >= 4 is 5.91 Å². The number of hydrogen-bond donors (Lipinski definition) is 2. The van der Waals surface area contributed by atoms with Crippen molar-refractivity contribution in [3.8, 4) is 0 Å². The van der Waals surface area contributed by atoms with Gasteiger partial charge < -0.3 is 10.4 Å². The molecule has 76 valence electrons. The molecule has 0 bridgehead atoms. The highest BCUT2D eigenvalue weighted by Crippen LogP contribution is 2.29. The Morgan fingerprint density at radius 2 is 2.15 bits per heavy atom. The summed E-state index contributed by atoms with van der Waals surface area (Å²) in [6.07, 6.45) is 3.52. The molecule has 0 aliphatic heterocycles. The molecule has 0 aromatic rings. The number of carbonyl (C=O) groups is 1. The lowest BCUT2D eigenvalue weighted by molar-refractivity contribution is -0.125.